The van der Waals surface area contributed by atoms with Gasteiger partial charge in [0, 0.05) is 36.9 Å². The lowest BCUT2D eigenvalue weighted by atomic mass is 10.2. The average molecular weight is 391 g/mol. The van der Waals surface area contributed by atoms with Crippen LogP contribution in [0.5, 0.6) is 0 Å². The topological polar surface area (TPSA) is 65.8 Å². The van der Waals surface area contributed by atoms with Crippen molar-refractivity contribution < 1.29 is 0 Å². The lowest BCUT2D eigenvalue weighted by molar-refractivity contribution is 0.845. The highest BCUT2D eigenvalue weighted by atomic mass is 15.3. The third-order valence-electron chi connectivity index (χ3n) is 5.12. The Bertz CT molecular complexity index is 1490. The SMILES string of the molecule is Cc1nc2ccccc2nc1-c1cc2nc(-n3cccc3)cc(-n3cccc3)n2n1. The van der Waals surface area contributed by atoms with Crippen LogP contribution < -0.4 is 0 Å². The number of hydrogen-bond donors (Lipinski definition) is 0. The zero-order chi connectivity index (χ0) is 20.1. The summed E-state index contributed by atoms with van der Waals surface area (Å²) in [5.74, 6) is 1.72. The van der Waals surface area contributed by atoms with Gasteiger partial charge in [-0.05, 0) is 43.3 Å². The van der Waals surface area contributed by atoms with E-state index < -0.39 is 0 Å². The Morgan fingerprint density at radius 2 is 1.37 bits per heavy atom. The van der Waals surface area contributed by atoms with Crippen LogP contribution in [0.15, 0.2) is 85.5 Å². The van der Waals surface area contributed by atoms with Crippen molar-refractivity contribution in [1.82, 2.24) is 33.7 Å². The molecule has 0 saturated carbocycles. The van der Waals surface area contributed by atoms with Gasteiger partial charge in [0.05, 0.1) is 16.7 Å². The van der Waals surface area contributed by atoms with Crippen molar-refractivity contribution in [3.05, 3.63) is 91.1 Å². The molecule has 6 rings (SSSR count). The fourth-order valence-corrected chi connectivity index (χ4v) is 3.68. The Labute approximate surface area is 171 Å². The monoisotopic (exact) mass is 391 g/mol. The lowest BCUT2D eigenvalue weighted by Crippen LogP contribution is -2.06. The maximum atomic E-state index is 4.85. The molecule has 1 aromatic carbocycles. The second-order valence-corrected chi connectivity index (χ2v) is 7.10. The Kier molecular flexibility index (Phi) is 3.55. The highest BCUT2D eigenvalue weighted by Crippen LogP contribution is 2.25. The molecule has 0 amide bonds. The Morgan fingerprint density at radius 1 is 0.700 bits per heavy atom. The van der Waals surface area contributed by atoms with Crippen LogP contribution in [0.1, 0.15) is 5.69 Å². The molecule has 0 aliphatic heterocycles. The summed E-state index contributed by atoms with van der Waals surface area (Å²) in [6, 6.07) is 19.8. The standard InChI is InChI=1S/C23H17N7/c1-16-23(25-18-9-3-2-8-17(18)24-16)19-14-21-26-20(28-10-4-5-11-28)15-22(30(21)27-19)29-12-6-7-13-29/h2-15H,1H3. The van der Waals surface area contributed by atoms with Gasteiger partial charge in [0.1, 0.15) is 23.0 Å². The molecule has 0 N–H and O–H groups in total. The first-order chi connectivity index (χ1) is 14.8. The van der Waals surface area contributed by atoms with Crippen LogP contribution >= 0.6 is 0 Å². The van der Waals surface area contributed by atoms with Crippen LogP contribution in [-0.2, 0) is 0 Å². The van der Waals surface area contributed by atoms with Crippen molar-refractivity contribution in [2.75, 3.05) is 0 Å². The Hall–Kier alpha value is -4.26. The molecule has 6 aromatic rings. The summed E-state index contributed by atoms with van der Waals surface area (Å²) in [5.41, 5.74) is 4.82. The van der Waals surface area contributed by atoms with Crippen LogP contribution in [0.2, 0.25) is 0 Å². The van der Waals surface area contributed by atoms with Crippen molar-refractivity contribution in [2.24, 2.45) is 0 Å². The second-order valence-electron chi connectivity index (χ2n) is 7.10. The molecule has 0 unspecified atom stereocenters. The van der Waals surface area contributed by atoms with E-state index in [2.05, 4.69) is 0 Å². The number of para-hydroxylation sites is 2. The largest absolute Gasteiger partial charge is 0.308 e. The van der Waals surface area contributed by atoms with E-state index in [4.69, 9.17) is 20.1 Å². The first-order valence-electron chi connectivity index (χ1n) is 9.67. The minimum atomic E-state index is 0.745. The fourth-order valence-electron chi connectivity index (χ4n) is 3.68. The zero-order valence-electron chi connectivity index (χ0n) is 16.2. The lowest BCUT2D eigenvalue weighted by Gasteiger charge is -2.09. The summed E-state index contributed by atoms with van der Waals surface area (Å²) in [4.78, 5) is 14.4. The molecule has 0 radical (unpaired) electrons. The summed E-state index contributed by atoms with van der Waals surface area (Å²) in [7, 11) is 0. The molecule has 0 bridgehead atoms. The predicted octanol–water partition coefficient (Wildman–Crippen LogP) is 4.23. The first-order valence-corrected chi connectivity index (χ1v) is 9.67. The molecule has 0 saturated heterocycles. The van der Waals surface area contributed by atoms with Gasteiger partial charge < -0.3 is 9.13 Å². The van der Waals surface area contributed by atoms with Crippen molar-refractivity contribution >= 4 is 16.7 Å². The van der Waals surface area contributed by atoms with Gasteiger partial charge in [-0.3, -0.25) is 0 Å². The number of fused-ring (bicyclic) bond motifs is 2. The maximum Gasteiger partial charge on any atom is 0.160 e. The quantitative estimate of drug-likeness (QED) is 0.453. The first kappa shape index (κ1) is 16.7. The summed E-state index contributed by atoms with van der Waals surface area (Å²) < 4.78 is 5.86. The van der Waals surface area contributed by atoms with E-state index in [1.54, 1.807) is 0 Å². The third-order valence-corrected chi connectivity index (χ3v) is 5.12. The molecule has 30 heavy (non-hydrogen) atoms. The Balaban J connectivity index is 1.61. The molecule has 144 valence electrons. The molecule has 0 fully saturated rings. The van der Waals surface area contributed by atoms with E-state index in [1.165, 1.54) is 0 Å². The van der Waals surface area contributed by atoms with Gasteiger partial charge in [-0.2, -0.15) is 9.61 Å². The molecule has 0 spiro atoms. The fraction of sp³-hybridized carbons (Fsp3) is 0.0435. The van der Waals surface area contributed by atoms with Crippen molar-refractivity contribution in [3.63, 3.8) is 0 Å². The molecule has 5 aromatic heterocycles. The van der Waals surface area contributed by atoms with Gasteiger partial charge in [0.15, 0.2) is 5.65 Å². The third kappa shape index (κ3) is 2.60. The molecular weight excluding hydrogens is 374 g/mol. The van der Waals surface area contributed by atoms with E-state index in [0.717, 1.165) is 45.4 Å². The Morgan fingerprint density at radius 3 is 2.10 bits per heavy atom. The number of rotatable bonds is 3. The van der Waals surface area contributed by atoms with E-state index in [-0.39, 0.29) is 0 Å². The predicted molar refractivity (Wildman–Crippen MR) is 115 cm³/mol. The highest BCUT2D eigenvalue weighted by molar-refractivity contribution is 5.78. The summed E-state index contributed by atoms with van der Waals surface area (Å²) >= 11 is 0. The van der Waals surface area contributed by atoms with Crippen LogP contribution in [0.25, 0.3) is 39.7 Å². The normalized spacial score (nSPS) is 11.5. The van der Waals surface area contributed by atoms with Crippen LogP contribution in [0.3, 0.4) is 0 Å². The van der Waals surface area contributed by atoms with E-state index in [9.17, 15) is 0 Å². The van der Waals surface area contributed by atoms with Crippen LogP contribution in [0, 0.1) is 6.92 Å². The number of hydrogen-bond acceptors (Lipinski definition) is 4. The van der Waals surface area contributed by atoms with Crippen LogP contribution in [-0.4, -0.2) is 33.7 Å². The van der Waals surface area contributed by atoms with Crippen molar-refractivity contribution in [3.8, 4) is 23.0 Å². The summed E-state index contributed by atoms with van der Waals surface area (Å²) in [6.07, 6.45) is 7.95. The highest BCUT2D eigenvalue weighted by Gasteiger charge is 2.16. The van der Waals surface area contributed by atoms with Gasteiger partial charge in [-0.25, -0.2) is 15.0 Å². The van der Waals surface area contributed by atoms with Gasteiger partial charge in [0.25, 0.3) is 0 Å². The number of aromatic nitrogens is 7. The zero-order valence-corrected chi connectivity index (χ0v) is 16.2. The molecule has 7 heteroatoms. The van der Waals surface area contributed by atoms with Crippen molar-refractivity contribution in [1.29, 1.82) is 0 Å². The average Bonchev–Trinajstić information content (AvgIpc) is 3.54. The summed E-state index contributed by atoms with van der Waals surface area (Å²) in [5, 5.41) is 4.85. The molecule has 5 heterocycles. The molecular formula is C23H17N7. The number of aryl methyl sites for hydroxylation is 1. The minimum absolute atomic E-state index is 0.745. The van der Waals surface area contributed by atoms with Gasteiger partial charge in [-0.15, -0.1) is 0 Å². The molecule has 0 atom stereocenters. The smallest absolute Gasteiger partial charge is 0.160 e. The summed E-state index contributed by atoms with van der Waals surface area (Å²) in [6.45, 7) is 1.96. The second kappa shape index (κ2) is 6.38. The van der Waals surface area contributed by atoms with Gasteiger partial charge in [-0.1, -0.05) is 12.1 Å². The van der Waals surface area contributed by atoms with Gasteiger partial charge in [0.2, 0.25) is 0 Å². The van der Waals surface area contributed by atoms with E-state index >= 15 is 0 Å². The number of nitrogens with zero attached hydrogens (tertiary/aromatic N) is 7. The number of benzene rings is 1. The maximum absolute atomic E-state index is 4.85. The van der Waals surface area contributed by atoms with Crippen molar-refractivity contribution in [2.45, 2.75) is 6.92 Å². The molecule has 7 nitrogen and oxygen atoms in total. The van der Waals surface area contributed by atoms with Gasteiger partial charge >= 0.3 is 0 Å². The minimum Gasteiger partial charge on any atom is -0.308 e. The van der Waals surface area contributed by atoms with Crippen LogP contribution in [0.4, 0.5) is 0 Å². The van der Waals surface area contributed by atoms with E-state index in [0.29, 0.717) is 0 Å². The molecule has 0 aliphatic rings. The van der Waals surface area contributed by atoms with E-state index in [1.807, 2.05) is 106 Å². The molecule has 0 aliphatic carbocycles.